The number of hydrogen-bond acceptors (Lipinski definition) is 1. The first-order valence-corrected chi connectivity index (χ1v) is 9.05. The van der Waals surface area contributed by atoms with Gasteiger partial charge in [0.2, 0.25) is 0 Å². The predicted molar refractivity (Wildman–Crippen MR) is 88.8 cm³/mol. The molecule has 0 fully saturated rings. The van der Waals surface area contributed by atoms with Gasteiger partial charge in [-0.25, -0.2) is 9.37 Å². The minimum Gasteiger partial charge on any atom is -0.219 e. The van der Waals surface area contributed by atoms with Crippen molar-refractivity contribution < 1.29 is 4.39 Å². The van der Waals surface area contributed by atoms with E-state index in [0.29, 0.717) is 0 Å². The fourth-order valence-corrected chi connectivity index (χ4v) is 5.52. The van der Waals surface area contributed by atoms with Crippen LogP contribution in [0.2, 0.25) is 0 Å². The van der Waals surface area contributed by atoms with Gasteiger partial charge < -0.3 is 0 Å². The first-order valence-electron chi connectivity index (χ1n) is 6.81. The molecule has 0 amide bonds. The zero-order valence-electron chi connectivity index (χ0n) is 11.8. The molecule has 0 radical (unpaired) electrons. The van der Waals surface area contributed by atoms with Crippen LogP contribution >= 0.6 is 7.26 Å². The van der Waals surface area contributed by atoms with E-state index in [1.165, 1.54) is 22.9 Å². The summed E-state index contributed by atoms with van der Waals surface area (Å²) in [6.07, 6.45) is 1.31. The molecule has 1 aromatic heterocycles. The first kappa shape index (κ1) is 13.9. The molecule has 0 atom stereocenters. The van der Waals surface area contributed by atoms with Crippen molar-refractivity contribution in [3.05, 3.63) is 84.8 Å². The molecule has 0 saturated heterocycles. The second-order valence-electron chi connectivity index (χ2n) is 5.01. The zero-order valence-corrected chi connectivity index (χ0v) is 12.7. The SMILES string of the molecule is C[P+](c1ccccc1)(c1ccccc1)c1ccc(F)cn1. The fourth-order valence-electron chi connectivity index (χ4n) is 2.50. The van der Waals surface area contributed by atoms with Crippen LogP contribution in [0, 0.1) is 5.82 Å². The Kier molecular flexibility index (Phi) is 3.81. The maximum absolute atomic E-state index is 13.2. The van der Waals surface area contributed by atoms with Crippen LogP contribution in [0.4, 0.5) is 4.39 Å². The molecule has 0 aliphatic carbocycles. The summed E-state index contributed by atoms with van der Waals surface area (Å²) >= 11 is 0. The van der Waals surface area contributed by atoms with Crippen molar-refractivity contribution in [2.24, 2.45) is 0 Å². The van der Waals surface area contributed by atoms with E-state index in [0.717, 1.165) is 5.44 Å². The lowest BCUT2D eigenvalue weighted by Gasteiger charge is -2.21. The van der Waals surface area contributed by atoms with Crippen LogP contribution in [0.5, 0.6) is 0 Å². The Morgan fingerprint density at radius 3 is 1.71 bits per heavy atom. The molecule has 0 aliphatic heterocycles. The molecule has 1 nitrogen and oxygen atoms in total. The van der Waals surface area contributed by atoms with Crippen molar-refractivity contribution in [1.82, 2.24) is 4.98 Å². The molecule has 0 N–H and O–H groups in total. The van der Waals surface area contributed by atoms with Gasteiger partial charge in [0.05, 0.1) is 12.9 Å². The molecule has 104 valence electrons. The van der Waals surface area contributed by atoms with Crippen LogP contribution in [-0.4, -0.2) is 11.6 Å². The zero-order chi connectivity index (χ0) is 14.7. The smallest absolute Gasteiger partial charge is 0.192 e. The molecule has 21 heavy (non-hydrogen) atoms. The molecular formula is C18H16FNP+. The minimum absolute atomic E-state index is 0.300. The van der Waals surface area contributed by atoms with Crippen LogP contribution in [0.15, 0.2) is 79.0 Å². The van der Waals surface area contributed by atoms with E-state index in [2.05, 4.69) is 35.9 Å². The molecule has 0 unspecified atom stereocenters. The van der Waals surface area contributed by atoms with Gasteiger partial charge in [-0.2, -0.15) is 0 Å². The average molecular weight is 296 g/mol. The summed E-state index contributed by atoms with van der Waals surface area (Å²) in [4.78, 5) is 4.38. The number of rotatable bonds is 3. The van der Waals surface area contributed by atoms with E-state index in [9.17, 15) is 4.39 Å². The van der Waals surface area contributed by atoms with Gasteiger partial charge in [-0.1, -0.05) is 36.4 Å². The highest BCUT2D eigenvalue weighted by Crippen LogP contribution is 2.50. The Hall–Kier alpha value is -2.05. The molecule has 3 rings (SSSR count). The lowest BCUT2D eigenvalue weighted by molar-refractivity contribution is 0.622. The number of pyridine rings is 1. The minimum atomic E-state index is -1.82. The summed E-state index contributed by atoms with van der Waals surface area (Å²) in [6.45, 7) is 2.23. The third-order valence-corrected chi connectivity index (χ3v) is 7.56. The Morgan fingerprint density at radius 1 is 0.762 bits per heavy atom. The molecule has 3 heteroatoms. The van der Waals surface area contributed by atoms with Crippen molar-refractivity contribution >= 4 is 23.3 Å². The van der Waals surface area contributed by atoms with Gasteiger partial charge in [0.1, 0.15) is 23.7 Å². The summed E-state index contributed by atoms with van der Waals surface area (Å²) < 4.78 is 13.2. The largest absolute Gasteiger partial charge is 0.219 e. The Labute approximate surface area is 124 Å². The maximum Gasteiger partial charge on any atom is 0.192 e. The molecule has 0 spiro atoms. The fraction of sp³-hybridized carbons (Fsp3) is 0.0556. The van der Waals surface area contributed by atoms with Crippen molar-refractivity contribution in [2.75, 3.05) is 6.66 Å². The standard InChI is InChI=1S/C18H16FNP/c1-21(16-8-4-2-5-9-16,17-10-6-3-7-11-17)18-13-12-15(19)14-20-18/h2-14H,1H3/q+1. The van der Waals surface area contributed by atoms with Crippen LogP contribution < -0.4 is 16.0 Å². The highest BCUT2D eigenvalue weighted by atomic mass is 31.2. The van der Waals surface area contributed by atoms with Crippen molar-refractivity contribution in [1.29, 1.82) is 0 Å². The van der Waals surface area contributed by atoms with E-state index in [4.69, 9.17) is 0 Å². The lowest BCUT2D eigenvalue weighted by Crippen LogP contribution is -2.31. The molecule has 0 saturated carbocycles. The van der Waals surface area contributed by atoms with Crippen LogP contribution in [0.3, 0.4) is 0 Å². The molecule has 0 bridgehead atoms. The van der Waals surface area contributed by atoms with Gasteiger partial charge in [-0.3, -0.25) is 0 Å². The normalized spacial score (nSPS) is 11.3. The van der Waals surface area contributed by atoms with Gasteiger partial charge in [-0.15, -0.1) is 0 Å². The van der Waals surface area contributed by atoms with Gasteiger partial charge in [0.25, 0.3) is 0 Å². The topological polar surface area (TPSA) is 12.9 Å². The molecule has 0 aliphatic rings. The highest BCUT2D eigenvalue weighted by molar-refractivity contribution is 7.94. The monoisotopic (exact) mass is 296 g/mol. The molecular weight excluding hydrogens is 280 g/mol. The first-order chi connectivity index (χ1) is 10.2. The number of benzene rings is 2. The second kappa shape index (κ2) is 5.75. The van der Waals surface area contributed by atoms with Crippen molar-refractivity contribution in [2.45, 2.75) is 0 Å². The summed E-state index contributed by atoms with van der Waals surface area (Å²) in [5.41, 5.74) is 0.946. The van der Waals surface area contributed by atoms with Crippen molar-refractivity contribution in [3.63, 3.8) is 0 Å². The summed E-state index contributed by atoms with van der Waals surface area (Å²) in [5, 5.41) is 2.49. The molecule has 3 aromatic rings. The molecule has 1 heterocycles. The van der Waals surface area contributed by atoms with E-state index in [1.54, 1.807) is 0 Å². The average Bonchev–Trinajstić information content (AvgIpc) is 2.56. The number of halogens is 1. The summed E-state index contributed by atoms with van der Waals surface area (Å²) in [6, 6.07) is 24.0. The van der Waals surface area contributed by atoms with E-state index in [1.807, 2.05) is 42.5 Å². The van der Waals surface area contributed by atoms with Crippen LogP contribution in [0.1, 0.15) is 0 Å². The third kappa shape index (κ3) is 2.59. The van der Waals surface area contributed by atoms with Gasteiger partial charge in [0.15, 0.2) is 5.44 Å². The predicted octanol–water partition coefficient (Wildman–Crippen LogP) is 3.14. The van der Waals surface area contributed by atoms with E-state index < -0.39 is 7.26 Å². The van der Waals surface area contributed by atoms with Crippen LogP contribution in [-0.2, 0) is 0 Å². The summed E-state index contributed by atoms with van der Waals surface area (Å²) in [5.74, 6) is -0.300. The van der Waals surface area contributed by atoms with Crippen molar-refractivity contribution in [3.8, 4) is 0 Å². The number of nitrogens with zero attached hydrogens (tertiary/aromatic N) is 1. The Balaban J connectivity index is 2.23. The van der Waals surface area contributed by atoms with Gasteiger partial charge in [0, 0.05) is 6.07 Å². The molecule has 2 aromatic carbocycles. The number of aromatic nitrogens is 1. The lowest BCUT2D eigenvalue weighted by atomic mass is 10.4. The van der Waals surface area contributed by atoms with E-state index in [-0.39, 0.29) is 5.82 Å². The Bertz CT molecular complexity index is 672. The second-order valence-corrected chi connectivity index (χ2v) is 8.52. The highest BCUT2D eigenvalue weighted by Gasteiger charge is 2.41. The van der Waals surface area contributed by atoms with E-state index >= 15 is 0 Å². The third-order valence-electron chi connectivity index (χ3n) is 3.72. The quantitative estimate of drug-likeness (QED) is 0.677. The van der Waals surface area contributed by atoms with Gasteiger partial charge >= 0.3 is 0 Å². The maximum atomic E-state index is 13.2. The Morgan fingerprint density at radius 2 is 1.29 bits per heavy atom. The van der Waals surface area contributed by atoms with Gasteiger partial charge in [-0.05, 0) is 30.3 Å². The summed E-state index contributed by atoms with van der Waals surface area (Å²) in [7, 11) is -1.82. The number of hydrogen-bond donors (Lipinski definition) is 0. The van der Waals surface area contributed by atoms with Crippen LogP contribution in [0.25, 0.3) is 0 Å².